The Morgan fingerprint density at radius 1 is 1.17 bits per heavy atom. The van der Waals surface area contributed by atoms with E-state index in [4.69, 9.17) is 23.2 Å². The summed E-state index contributed by atoms with van der Waals surface area (Å²) in [4.78, 5) is 38.0. The van der Waals surface area contributed by atoms with Crippen LogP contribution in [0.5, 0.6) is 5.75 Å². The lowest BCUT2D eigenvalue weighted by molar-refractivity contribution is -0.127. The summed E-state index contributed by atoms with van der Waals surface area (Å²) in [5, 5.41) is 11.8. The average molecular weight is 451 g/mol. The maximum absolute atomic E-state index is 12.5. The van der Waals surface area contributed by atoms with Crippen LogP contribution in [0.25, 0.3) is 6.08 Å². The van der Waals surface area contributed by atoms with E-state index >= 15 is 0 Å². The molecule has 1 fully saturated rings. The number of rotatable bonds is 5. The topological polar surface area (TPSA) is 86.7 Å². The number of hydrogen-bond donors (Lipinski definition) is 2. The number of phenolic OH excluding ortho intramolecular Hbond substituents is 1. The monoisotopic (exact) mass is 450 g/mol. The molecule has 2 aromatic rings. The minimum absolute atomic E-state index is 0.0245. The van der Waals surface area contributed by atoms with E-state index in [0.717, 1.165) is 16.9 Å². The summed E-state index contributed by atoms with van der Waals surface area (Å²) >= 11 is 12.5. The highest BCUT2D eigenvalue weighted by Gasteiger charge is 2.36. The van der Waals surface area contributed by atoms with Crippen molar-refractivity contribution in [2.45, 2.75) is 13.3 Å². The number of carbonyl (C=O) groups excluding carboxylic acids is 3. The molecule has 0 spiro atoms. The molecular weight excluding hydrogens is 435 g/mol. The summed E-state index contributed by atoms with van der Waals surface area (Å²) in [5.41, 5.74) is 2.17. The fraction of sp³-hybridized carbons (Fsp3) is 0.150. The van der Waals surface area contributed by atoms with Gasteiger partial charge in [-0.25, -0.2) is 0 Å². The molecule has 2 N–H and O–H groups in total. The normalized spacial score (nSPS) is 15.3. The standard InChI is InChI=1S/C20H16Cl2N2O4S/c1-2-11-3-5-13(6-4-11)23-17(25)10-24-19(27)16(29-20(24)28)9-12-7-14(21)18(26)15(22)8-12/h3-9,26H,2,10H2,1H3,(H,23,25)/b16-9-. The zero-order chi connectivity index (χ0) is 21.1. The van der Waals surface area contributed by atoms with Gasteiger partial charge in [0.05, 0.1) is 15.0 Å². The van der Waals surface area contributed by atoms with E-state index in [-0.39, 0.29) is 20.7 Å². The Morgan fingerprint density at radius 2 is 1.79 bits per heavy atom. The Kier molecular flexibility index (Phi) is 6.52. The molecule has 1 heterocycles. The number of benzene rings is 2. The largest absolute Gasteiger partial charge is 0.505 e. The van der Waals surface area contributed by atoms with E-state index in [1.54, 1.807) is 12.1 Å². The van der Waals surface area contributed by atoms with Crippen LogP contribution in [-0.4, -0.2) is 33.6 Å². The maximum atomic E-state index is 12.5. The van der Waals surface area contributed by atoms with Gasteiger partial charge in [0.1, 0.15) is 6.54 Å². The van der Waals surface area contributed by atoms with E-state index in [0.29, 0.717) is 23.0 Å². The summed E-state index contributed by atoms with van der Waals surface area (Å²) in [6.45, 7) is 1.63. The molecule has 0 aromatic heterocycles. The molecule has 3 rings (SSSR count). The Bertz CT molecular complexity index is 999. The van der Waals surface area contributed by atoms with Crippen LogP contribution in [0.1, 0.15) is 18.1 Å². The minimum atomic E-state index is -0.586. The lowest BCUT2D eigenvalue weighted by atomic mass is 10.1. The summed E-state index contributed by atoms with van der Waals surface area (Å²) < 4.78 is 0. The summed E-state index contributed by atoms with van der Waals surface area (Å²) in [7, 11) is 0. The Labute approximate surface area is 181 Å². The quantitative estimate of drug-likeness (QED) is 0.630. The SMILES string of the molecule is CCc1ccc(NC(=O)CN2C(=O)S/C(=C\c3cc(Cl)c(O)c(Cl)c3)C2=O)cc1. The minimum Gasteiger partial charge on any atom is -0.505 e. The van der Waals surface area contributed by atoms with Gasteiger partial charge in [0.15, 0.2) is 5.75 Å². The Balaban J connectivity index is 1.70. The van der Waals surface area contributed by atoms with E-state index < -0.39 is 23.6 Å². The third kappa shape index (κ3) is 4.93. The highest BCUT2D eigenvalue weighted by Crippen LogP contribution is 2.36. The molecule has 0 atom stereocenters. The smallest absolute Gasteiger partial charge is 0.294 e. The number of aromatic hydroxyl groups is 1. The molecule has 0 radical (unpaired) electrons. The molecule has 3 amide bonds. The molecule has 150 valence electrons. The molecule has 1 aliphatic heterocycles. The zero-order valence-electron chi connectivity index (χ0n) is 15.2. The fourth-order valence-corrected chi connectivity index (χ4v) is 3.97. The van der Waals surface area contributed by atoms with Crippen LogP contribution < -0.4 is 5.32 Å². The van der Waals surface area contributed by atoms with Crippen LogP contribution in [0.15, 0.2) is 41.3 Å². The van der Waals surface area contributed by atoms with Gasteiger partial charge in [0.25, 0.3) is 11.1 Å². The second kappa shape index (κ2) is 8.90. The number of aryl methyl sites for hydroxylation is 1. The van der Waals surface area contributed by atoms with Gasteiger partial charge >= 0.3 is 0 Å². The van der Waals surface area contributed by atoms with Crippen molar-refractivity contribution in [3.8, 4) is 5.75 Å². The maximum Gasteiger partial charge on any atom is 0.294 e. The van der Waals surface area contributed by atoms with Crippen LogP contribution in [-0.2, 0) is 16.0 Å². The number of thioether (sulfide) groups is 1. The number of nitrogens with one attached hydrogen (secondary N) is 1. The molecule has 0 aliphatic carbocycles. The van der Waals surface area contributed by atoms with Crippen molar-refractivity contribution in [2.24, 2.45) is 0 Å². The predicted molar refractivity (Wildman–Crippen MR) is 115 cm³/mol. The van der Waals surface area contributed by atoms with Crippen LogP contribution in [0.4, 0.5) is 10.5 Å². The van der Waals surface area contributed by atoms with E-state index in [1.807, 2.05) is 19.1 Å². The number of nitrogens with zero attached hydrogens (tertiary/aromatic N) is 1. The van der Waals surface area contributed by atoms with E-state index in [1.165, 1.54) is 18.2 Å². The Hall–Kier alpha value is -2.48. The van der Waals surface area contributed by atoms with Crippen molar-refractivity contribution in [2.75, 3.05) is 11.9 Å². The van der Waals surface area contributed by atoms with Gasteiger partial charge in [-0.15, -0.1) is 0 Å². The highest BCUT2D eigenvalue weighted by atomic mass is 35.5. The second-order valence-corrected chi connectivity index (χ2v) is 8.01. The van der Waals surface area contributed by atoms with Crippen molar-refractivity contribution in [3.63, 3.8) is 0 Å². The van der Waals surface area contributed by atoms with Gasteiger partial charge in [-0.3, -0.25) is 19.3 Å². The predicted octanol–water partition coefficient (Wildman–Crippen LogP) is 4.94. The van der Waals surface area contributed by atoms with Crippen LogP contribution in [0, 0.1) is 0 Å². The third-order valence-electron chi connectivity index (χ3n) is 4.16. The second-order valence-electron chi connectivity index (χ2n) is 6.20. The number of halogens is 2. The lowest BCUT2D eigenvalue weighted by Crippen LogP contribution is -2.36. The van der Waals surface area contributed by atoms with Crippen molar-refractivity contribution >= 4 is 63.8 Å². The molecule has 0 unspecified atom stereocenters. The van der Waals surface area contributed by atoms with Crippen LogP contribution >= 0.6 is 35.0 Å². The molecule has 1 saturated heterocycles. The van der Waals surface area contributed by atoms with Gasteiger partial charge in [-0.1, -0.05) is 42.3 Å². The summed E-state index contributed by atoms with van der Waals surface area (Å²) in [6, 6.07) is 10.2. The number of hydrogen-bond acceptors (Lipinski definition) is 5. The summed E-state index contributed by atoms with van der Waals surface area (Å²) in [6.07, 6.45) is 2.32. The number of amides is 3. The number of imide groups is 1. The van der Waals surface area contributed by atoms with Gasteiger partial charge in [-0.2, -0.15) is 0 Å². The first-order valence-electron chi connectivity index (χ1n) is 8.60. The van der Waals surface area contributed by atoms with Crippen molar-refractivity contribution in [1.29, 1.82) is 0 Å². The van der Waals surface area contributed by atoms with Gasteiger partial charge in [-0.05, 0) is 59.7 Å². The highest BCUT2D eigenvalue weighted by molar-refractivity contribution is 8.18. The van der Waals surface area contributed by atoms with Crippen molar-refractivity contribution in [1.82, 2.24) is 4.90 Å². The number of carbonyl (C=O) groups is 3. The molecule has 0 bridgehead atoms. The van der Waals surface area contributed by atoms with E-state index in [2.05, 4.69) is 5.32 Å². The first-order chi connectivity index (χ1) is 13.8. The average Bonchev–Trinajstić information content (AvgIpc) is 2.94. The van der Waals surface area contributed by atoms with Gasteiger partial charge < -0.3 is 10.4 Å². The molecule has 1 aliphatic rings. The molecule has 9 heteroatoms. The van der Waals surface area contributed by atoms with Crippen molar-refractivity contribution in [3.05, 3.63) is 62.5 Å². The number of phenols is 1. The van der Waals surface area contributed by atoms with Crippen LogP contribution in [0.2, 0.25) is 10.0 Å². The summed E-state index contributed by atoms with van der Waals surface area (Å²) in [5.74, 6) is -1.33. The molecule has 2 aromatic carbocycles. The zero-order valence-corrected chi connectivity index (χ0v) is 17.6. The molecule has 0 saturated carbocycles. The fourth-order valence-electron chi connectivity index (χ4n) is 2.62. The van der Waals surface area contributed by atoms with Gasteiger partial charge in [0.2, 0.25) is 5.91 Å². The number of anilines is 1. The van der Waals surface area contributed by atoms with E-state index in [9.17, 15) is 19.5 Å². The van der Waals surface area contributed by atoms with Crippen LogP contribution in [0.3, 0.4) is 0 Å². The van der Waals surface area contributed by atoms with Crippen molar-refractivity contribution < 1.29 is 19.5 Å². The Morgan fingerprint density at radius 3 is 2.38 bits per heavy atom. The first-order valence-corrected chi connectivity index (χ1v) is 10.2. The molecular formula is C20H16Cl2N2O4S. The third-order valence-corrected chi connectivity index (χ3v) is 5.64. The van der Waals surface area contributed by atoms with Gasteiger partial charge in [0, 0.05) is 5.69 Å². The molecule has 6 nitrogen and oxygen atoms in total. The first kappa shape index (κ1) is 21.2. The molecule has 29 heavy (non-hydrogen) atoms. The lowest BCUT2D eigenvalue weighted by Gasteiger charge is -2.12.